The van der Waals surface area contributed by atoms with Crippen LogP contribution < -0.4 is 5.32 Å². The highest BCUT2D eigenvalue weighted by atomic mass is 32.2. The molecule has 0 unspecified atom stereocenters. The van der Waals surface area contributed by atoms with Gasteiger partial charge in [-0.3, -0.25) is 9.59 Å². The number of carbonyl (C=O) groups is 2. The molecule has 0 aromatic heterocycles. The third-order valence-electron chi connectivity index (χ3n) is 3.68. The molecule has 3 rings (SSSR count). The highest BCUT2D eigenvalue weighted by molar-refractivity contribution is 8.00. The van der Waals surface area contributed by atoms with Crippen molar-refractivity contribution in [3.8, 4) is 0 Å². The lowest BCUT2D eigenvalue weighted by Gasteiger charge is -2.06. The van der Waals surface area contributed by atoms with E-state index >= 15 is 0 Å². The van der Waals surface area contributed by atoms with Crippen LogP contribution in [0, 0.1) is 5.82 Å². The fourth-order valence-corrected chi connectivity index (χ4v) is 3.09. The molecule has 3 aromatic rings. The lowest BCUT2D eigenvalue weighted by molar-refractivity contribution is 0.101. The van der Waals surface area contributed by atoms with E-state index < -0.39 is 0 Å². The van der Waals surface area contributed by atoms with Crippen LogP contribution >= 0.6 is 11.8 Å². The fraction of sp³-hybridized carbons (Fsp3) is 0.0476. The number of hydrogen-bond acceptors (Lipinski definition) is 3. The summed E-state index contributed by atoms with van der Waals surface area (Å²) in [5, 5.41) is 2.80. The van der Waals surface area contributed by atoms with Gasteiger partial charge in [-0.25, -0.2) is 4.39 Å². The van der Waals surface area contributed by atoms with Crippen molar-refractivity contribution < 1.29 is 14.0 Å². The zero-order chi connectivity index (χ0) is 18.4. The standard InChI is InChI=1S/C21H16FNO2S/c22-17-8-12-19(13-9-17)26-14-20(24)15-6-10-18(11-7-15)23-21(25)16-4-2-1-3-5-16/h1-13H,14H2,(H,23,25). The Bertz CT molecular complexity index is 894. The molecule has 0 bridgehead atoms. The molecule has 5 heteroatoms. The van der Waals surface area contributed by atoms with Crippen molar-refractivity contribution >= 4 is 29.1 Å². The van der Waals surface area contributed by atoms with Crippen molar-refractivity contribution in [3.05, 3.63) is 95.8 Å². The average molecular weight is 365 g/mol. The van der Waals surface area contributed by atoms with Gasteiger partial charge in [0.2, 0.25) is 0 Å². The molecule has 0 atom stereocenters. The third-order valence-corrected chi connectivity index (χ3v) is 4.70. The van der Waals surface area contributed by atoms with Crippen molar-refractivity contribution in [2.24, 2.45) is 0 Å². The molecule has 0 fully saturated rings. The zero-order valence-corrected chi connectivity index (χ0v) is 14.6. The molecule has 0 aliphatic rings. The zero-order valence-electron chi connectivity index (χ0n) is 13.8. The Hall–Kier alpha value is -2.92. The van der Waals surface area contributed by atoms with Gasteiger partial charge in [0.05, 0.1) is 5.75 Å². The summed E-state index contributed by atoms with van der Waals surface area (Å²) in [5.74, 6) is -0.257. The summed E-state index contributed by atoms with van der Waals surface area (Å²) in [6, 6.07) is 21.8. The van der Waals surface area contributed by atoms with E-state index in [2.05, 4.69) is 5.32 Å². The van der Waals surface area contributed by atoms with Crippen molar-refractivity contribution in [2.45, 2.75) is 4.90 Å². The smallest absolute Gasteiger partial charge is 0.255 e. The first-order chi connectivity index (χ1) is 12.6. The molecule has 0 heterocycles. The Labute approximate surface area is 155 Å². The van der Waals surface area contributed by atoms with Gasteiger partial charge in [-0.05, 0) is 60.7 Å². The summed E-state index contributed by atoms with van der Waals surface area (Å²) < 4.78 is 12.9. The predicted molar refractivity (Wildman–Crippen MR) is 102 cm³/mol. The van der Waals surface area contributed by atoms with Gasteiger partial charge >= 0.3 is 0 Å². The fourth-order valence-electron chi connectivity index (χ4n) is 2.30. The lowest BCUT2D eigenvalue weighted by Crippen LogP contribution is -2.11. The van der Waals surface area contributed by atoms with Crippen molar-refractivity contribution in [1.82, 2.24) is 0 Å². The average Bonchev–Trinajstić information content (AvgIpc) is 2.68. The molecule has 0 saturated carbocycles. The summed E-state index contributed by atoms with van der Waals surface area (Å²) in [4.78, 5) is 25.2. The van der Waals surface area contributed by atoms with Gasteiger partial charge in [0.15, 0.2) is 5.78 Å². The van der Waals surface area contributed by atoms with E-state index in [4.69, 9.17) is 0 Å². The quantitative estimate of drug-likeness (QED) is 0.491. The summed E-state index contributed by atoms with van der Waals surface area (Å²) in [7, 11) is 0. The lowest BCUT2D eigenvalue weighted by atomic mass is 10.1. The Morgan fingerprint density at radius 3 is 2.12 bits per heavy atom. The number of anilines is 1. The monoisotopic (exact) mass is 365 g/mol. The van der Waals surface area contributed by atoms with Gasteiger partial charge in [-0.2, -0.15) is 0 Å². The van der Waals surface area contributed by atoms with E-state index in [9.17, 15) is 14.0 Å². The molecule has 0 aliphatic heterocycles. The summed E-state index contributed by atoms with van der Waals surface area (Å²) in [6.45, 7) is 0. The minimum Gasteiger partial charge on any atom is -0.322 e. The van der Waals surface area contributed by atoms with Crippen LogP contribution in [0.5, 0.6) is 0 Å². The minimum absolute atomic E-state index is 0.0275. The number of nitrogens with one attached hydrogen (secondary N) is 1. The second-order valence-electron chi connectivity index (χ2n) is 5.56. The van der Waals surface area contributed by atoms with Gasteiger partial charge in [-0.1, -0.05) is 18.2 Å². The van der Waals surface area contributed by atoms with Gasteiger partial charge < -0.3 is 5.32 Å². The third kappa shape index (κ3) is 4.80. The van der Waals surface area contributed by atoms with E-state index in [1.54, 1.807) is 60.7 Å². The SMILES string of the molecule is O=C(CSc1ccc(F)cc1)c1ccc(NC(=O)c2ccccc2)cc1. The molecule has 0 saturated heterocycles. The molecule has 0 radical (unpaired) electrons. The van der Waals surface area contributed by atoms with Crippen LogP contribution in [0.4, 0.5) is 10.1 Å². The maximum absolute atomic E-state index is 12.9. The predicted octanol–water partition coefficient (Wildman–Crippen LogP) is 5.05. The van der Waals surface area contributed by atoms with Crippen molar-refractivity contribution in [1.29, 1.82) is 0 Å². The minimum atomic E-state index is -0.297. The topological polar surface area (TPSA) is 46.2 Å². The molecule has 1 N–H and O–H groups in total. The van der Waals surface area contributed by atoms with Crippen LogP contribution in [-0.2, 0) is 0 Å². The number of carbonyl (C=O) groups excluding carboxylic acids is 2. The second kappa shape index (κ2) is 8.45. The first kappa shape index (κ1) is 17.9. The molecule has 26 heavy (non-hydrogen) atoms. The number of thioether (sulfide) groups is 1. The molecular weight excluding hydrogens is 349 g/mol. The van der Waals surface area contributed by atoms with Crippen LogP contribution in [0.25, 0.3) is 0 Å². The van der Waals surface area contributed by atoms with Gasteiger partial charge in [0, 0.05) is 21.7 Å². The maximum atomic E-state index is 12.9. The number of amides is 1. The van der Waals surface area contributed by atoms with Crippen molar-refractivity contribution in [2.75, 3.05) is 11.1 Å². The number of Topliss-reactive ketones (excluding diaryl/α,β-unsaturated/α-hetero) is 1. The van der Waals surface area contributed by atoms with Gasteiger partial charge in [0.1, 0.15) is 5.82 Å². The van der Waals surface area contributed by atoms with Crippen LogP contribution in [0.15, 0.2) is 83.8 Å². The van der Waals surface area contributed by atoms with E-state index in [0.717, 1.165) is 4.90 Å². The molecule has 3 nitrogen and oxygen atoms in total. The molecule has 0 aliphatic carbocycles. The highest BCUT2D eigenvalue weighted by Crippen LogP contribution is 2.20. The summed E-state index contributed by atoms with van der Waals surface area (Å²) >= 11 is 1.36. The molecule has 130 valence electrons. The normalized spacial score (nSPS) is 10.3. The van der Waals surface area contributed by atoms with E-state index in [1.807, 2.05) is 6.07 Å². The number of hydrogen-bond donors (Lipinski definition) is 1. The van der Waals surface area contributed by atoms with Crippen LogP contribution in [0.3, 0.4) is 0 Å². The van der Waals surface area contributed by atoms with Gasteiger partial charge in [-0.15, -0.1) is 11.8 Å². The molecule has 0 spiro atoms. The largest absolute Gasteiger partial charge is 0.322 e. The highest BCUT2D eigenvalue weighted by Gasteiger charge is 2.09. The Kier molecular flexibility index (Phi) is 5.81. The van der Waals surface area contributed by atoms with Crippen LogP contribution in [-0.4, -0.2) is 17.4 Å². The Morgan fingerprint density at radius 2 is 1.46 bits per heavy atom. The number of halogens is 1. The van der Waals surface area contributed by atoms with Gasteiger partial charge in [0.25, 0.3) is 5.91 Å². The molecule has 3 aromatic carbocycles. The van der Waals surface area contributed by atoms with Crippen LogP contribution in [0.1, 0.15) is 20.7 Å². The second-order valence-corrected chi connectivity index (χ2v) is 6.61. The van der Waals surface area contributed by atoms with Crippen LogP contribution in [0.2, 0.25) is 0 Å². The number of ketones is 1. The molecular formula is C21H16FNO2S. The first-order valence-electron chi connectivity index (χ1n) is 8.00. The summed E-state index contributed by atoms with van der Waals surface area (Å²) in [6.07, 6.45) is 0. The summed E-state index contributed by atoms with van der Waals surface area (Å²) in [5.41, 5.74) is 1.77. The first-order valence-corrected chi connectivity index (χ1v) is 8.98. The molecule has 1 amide bonds. The Morgan fingerprint density at radius 1 is 0.808 bits per heavy atom. The van der Waals surface area contributed by atoms with E-state index in [0.29, 0.717) is 16.8 Å². The maximum Gasteiger partial charge on any atom is 0.255 e. The van der Waals surface area contributed by atoms with E-state index in [1.165, 1.54) is 23.9 Å². The van der Waals surface area contributed by atoms with Crippen molar-refractivity contribution in [3.63, 3.8) is 0 Å². The number of benzene rings is 3. The van der Waals surface area contributed by atoms with E-state index in [-0.39, 0.29) is 23.3 Å². The number of rotatable bonds is 6. The Balaban J connectivity index is 1.57.